The maximum atomic E-state index is 13.7. The molecule has 0 N–H and O–H groups in total. The molecule has 0 radical (unpaired) electrons. The number of carbonyl (C=O) groups is 2. The fourth-order valence-corrected chi connectivity index (χ4v) is 3.10. The number of halogens is 2. The van der Waals surface area contributed by atoms with Crippen LogP contribution in [0.2, 0.25) is 5.02 Å². The zero-order chi connectivity index (χ0) is 18.7. The molecule has 0 unspecified atom stereocenters. The number of carbonyl (C=O) groups excluding carboxylic acids is 2. The van der Waals surface area contributed by atoms with Gasteiger partial charge in [0.05, 0.1) is 5.02 Å². The Bertz CT molecular complexity index is 861. The molecule has 6 heteroatoms. The van der Waals surface area contributed by atoms with Crippen LogP contribution in [0, 0.1) is 5.82 Å². The summed E-state index contributed by atoms with van der Waals surface area (Å²) in [6.07, 6.45) is 2.12. The van der Waals surface area contributed by atoms with Gasteiger partial charge in [0.15, 0.2) is 6.10 Å². The van der Waals surface area contributed by atoms with Gasteiger partial charge in [0.25, 0.3) is 5.91 Å². The molecule has 1 atom stereocenters. The van der Waals surface area contributed by atoms with Crippen molar-refractivity contribution in [1.82, 2.24) is 0 Å². The fourth-order valence-electron chi connectivity index (χ4n) is 2.87. The molecule has 2 aromatic rings. The Morgan fingerprint density at radius 2 is 2.00 bits per heavy atom. The molecular formula is C20H17ClFNO3. The molecule has 0 saturated heterocycles. The van der Waals surface area contributed by atoms with E-state index in [0.29, 0.717) is 6.54 Å². The van der Waals surface area contributed by atoms with Crippen LogP contribution in [0.5, 0.6) is 0 Å². The first-order valence-corrected chi connectivity index (χ1v) is 8.57. The highest BCUT2D eigenvalue weighted by atomic mass is 35.5. The highest BCUT2D eigenvalue weighted by Gasteiger charge is 2.29. The molecule has 1 aliphatic heterocycles. The van der Waals surface area contributed by atoms with Crippen molar-refractivity contribution in [2.75, 3.05) is 11.4 Å². The second-order valence-electron chi connectivity index (χ2n) is 5.92. The average Bonchev–Trinajstić information content (AvgIpc) is 3.04. The number of hydrogen-bond donors (Lipinski definition) is 0. The molecule has 134 valence electrons. The van der Waals surface area contributed by atoms with E-state index in [-0.39, 0.29) is 16.5 Å². The summed E-state index contributed by atoms with van der Waals surface area (Å²) in [5, 5.41) is 0.187. The highest BCUT2D eigenvalue weighted by Crippen LogP contribution is 2.28. The van der Waals surface area contributed by atoms with Gasteiger partial charge in [0, 0.05) is 23.9 Å². The smallest absolute Gasteiger partial charge is 0.331 e. The van der Waals surface area contributed by atoms with Gasteiger partial charge in [-0.25, -0.2) is 9.18 Å². The van der Waals surface area contributed by atoms with Crippen molar-refractivity contribution in [3.8, 4) is 0 Å². The average molecular weight is 374 g/mol. The Morgan fingerprint density at radius 1 is 1.23 bits per heavy atom. The minimum Gasteiger partial charge on any atom is -0.449 e. The third-order valence-corrected chi connectivity index (χ3v) is 4.51. The van der Waals surface area contributed by atoms with Crippen LogP contribution in [0.25, 0.3) is 6.08 Å². The number of ether oxygens (including phenoxy) is 1. The van der Waals surface area contributed by atoms with Crippen LogP contribution in [0.15, 0.2) is 48.5 Å². The fraction of sp³-hybridized carbons (Fsp3) is 0.200. The van der Waals surface area contributed by atoms with Crippen LogP contribution in [-0.4, -0.2) is 24.5 Å². The molecule has 0 fully saturated rings. The maximum Gasteiger partial charge on any atom is 0.331 e. The second kappa shape index (κ2) is 7.70. The minimum atomic E-state index is -0.950. The molecule has 0 aromatic heterocycles. The van der Waals surface area contributed by atoms with Gasteiger partial charge in [-0.15, -0.1) is 0 Å². The van der Waals surface area contributed by atoms with E-state index in [9.17, 15) is 14.0 Å². The number of benzene rings is 2. The van der Waals surface area contributed by atoms with Gasteiger partial charge in [0.1, 0.15) is 5.82 Å². The Balaban J connectivity index is 1.65. The molecule has 1 aliphatic rings. The summed E-state index contributed by atoms with van der Waals surface area (Å²) >= 11 is 5.90. The van der Waals surface area contributed by atoms with Gasteiger partial charge in [-0.1, -0.05) is 35.9 Å². The molecular weight excluding hydrogens is 357 g/mol. The van der Waals surface area contributed by atoms with Gasteiger partial charge in [-0.3, -0.25) is 4.79 Å². The van der Waals surface area contributed by atoms with Crippen molar-refractivity contribution >= 4 is 35.2 Å². The van der Waals surface area contributed by atoms with E-state index in [0.717, 1.165) is 23.7 Å². The molecule has 0 aliphatic carbocycles. The summed E-state index contributed by atoms with van der Waals surface area (Å²) in [6.45, 7) is 2.08. The van der Waals surface area contributed by atoms with Gasteiger partial charge in [0.2, 0.25) is 0 Å². The van der Waals surface area contributed by atoms with Crippen LogP contribution in [0.1, 0.15) is 18.1 Å². The van der Waals surface area contributed by atoms with Crippen molar-refractivity contribution in [1.29, 1.82) is 0 Å². The van der Waals surface area contributed by atoms with Crippen molar-refractivity contribution in [3.05, 3.63) is 70.5 Å². The molecule has 0 bridgehead atoms. The van der Waals surface area contributed by atoms with Crippen LogP contribution in [-0.2, 0) is 20.7 Å². The van der Waals surface area contributed by atoms with E-state index in [1.807, 2.05) is 24.3 Å². The zero-order valence-corrected chi connectivity index (χ0v) is 14.9. The monoisotopic (exact) mass is 373 g/mol. The van der Waals surface area contributed by atoms with E-state index in [2.05, 4.69) is 0 Å². The number of amides is 1. The van der Waals surface area contributed by atoms with Crippen LogP contribution in [0.3, 0.4) is 0 Å². The molecule has 1 amide bonds. The number of esters is 1. The van der Waals surface area contributed by atoms with Gasteiger partial charge >= 0.3 is 5.97 Å². The lowest BCUT2D eigenvalue weighted by atomic mass is 10.2. The SMILES string of the molecule is C[C@H](OC(=O)/C=C/c1c(F)cccc1Cl)C(=O)N1CCc2ccccc21. The Kier molecular flexibility index (Phi) is 5.38. The Labute approximate surface area is 155 Å². The third kappa shape index (κ3) is 3.78. The summed E-state index contributed by atoms with van der Waals surface area (Å²) in [5.74, 6) is -1.57. The van der Waals surface area contributed by atoms with E-state index < -0.39 is 17.9 Å². The summed E-state index contributed by atoms with van der Waals surface area (Å²) < 4.78 is 18.8. The first-order chi connectivity index (χ1) is 12.5. The summed E-state index contributed by atoms with van der Waals surface area (Å²) in [7, 11) is 0. The summed E-state index contributed by atoms with van der Waals surface area (Å²) in [6, 6.07) is 11.9. The number of fused-ring (bicyclic) bond motifs is 1. The Morgan fingerprint density at radius 3 is 2.77 bits per heavy atom. The zero-order valence-electron chi connectivity index (χ0n) is 14.1. The van der Waals surface area contributed by atoms with E-state index in [1.54, 1.807) is 4.90 Å². The van der Waals surface area contributed by atoms with Crippen molar-refractivity contribution in [2.24, 2.45) is 0 Å². The van der Waals surface area contributed by atoms with E-state index >= 15 is 0 Å². The largest absolute Gasteiger partial charge is 0.449 e. The number of rotatable bonds is 4. The quantitative estimate of drug-likeness (QED) is 0.601. The Hall–Kier alpha value is -2.66. The van der Waals surface area contributed by atoms with E-state index in [4.69, 9.17) is 16.3 Å². The summed E-state index contributed by atoms with van der Waals surface area (Å²) in [4.78, 5) is 26.2. The molecule has 4 nitrogen and oxygen atoms in total. The minimum absolute atomic E-state index is 0.0959. The number of anilines is 1. The lowest BCUT2D eigenvalue weighted by Crippen LogP contribution is -2.38. The lowest BCUT2D eigenvalue weighted by molar-refractivity contribution is -0.149. The molecule has 0 spiro atoms. The predicted octanol–water partition coefficient (Wildman–Crippen LogP) is 4.01. The molecule has 26 heavy (non-hydrogen) atoms. The molecule has 2 aromatic carbocycles. The highest BCUT2D eigenvalue weighted by molar-refractivity contribution is 6.32. The van der Waals surface area contributed by atoms with Crippen molar-refractivity contribution in [2.45, 2.75) is 19.4 Å². The number of para-hydroxylation sites is 1. The lowest BCUT2D eigenvalue weighted by Gasteiger charge is -2.21. The normalized spacial score (nSPS) is 14.3. The van der Waals surface area contributed by atoms with Gasteiger partial charge in [-0.2, -0.15) is 0 Å². The number of nitrogens with zero attached hydrogens (tertiary/aromatic N) is 1. The standard InChI is InChI=1S/C20H17ClFNO3/c1-13(20(25)23-12-11-14-5-2-3-8-18(14)23)26-19(24)10-9-15-16(21)6-4-7-17(15)22/h2-10,13H,11-12H2,1H3/b10-9+/t13-/m0/s1. The van der Waals surface area contributed by atoms with Gasteiger partial charge < -0.3 is 9.64 Å². The maximum absolute atomic E-state index is 13.7. The third-order valence-electron chi connectivity index (χ3n) is 4.18. The van der Waals surface area contributed by atoms with Crippen molar-refractivity contribution in [3.63, 3.8) is 0 Å². The molecule has 1 heterocycles. The van der Waals surface area contributed by atoms with E-state index in [1.165, 1.54) is 31.2 Å². The number of hydrogen-bond acceptors (Lipinski definition) is 3. The molecule has 0 saturated carbocycles. The summed E-state index contributed by atoms with van der Waals surface area (Å²) in [5.41, 5.74) is 2.03. The van der Waals surface area contributed by atoms with Crippen LogP contribution in [0.4, 0.5) is 10.1 Å². The van der Waals surface area contributed by atoms with Crippen molar-refractivity contribution < 1.29 is 18.7 Å². The molecule has 3 rings (SSSR count). The second-order valence-corrected chi connectivity index (χ2v) is 6.32. The van der Waals surface area contributed by atoms with Gasteiger partial charge in [-0.05, 0) is 43.2 Å². The predicted molar refractivity (Wildman–Crippen MR) is 98.5 cm³/mol. The first kappa shape index (κ1) is 18.1. The van der Waals surface area contributed by atoms with Crippen LogP contribution >= 0.6 is 11.6 Å². The van der Waals surface area contributed by atoms with Crippen LogP contribution < -0.4 is 4.90 Å². The topological polar surface area (TPSA) is 46.6 Å². The first-order valence-electron chi connectivity index (χ1n) is 8.19.